The van der Waals surface area contributed by atoms with Gasteiger partial charge in [0.15, 0.2) is 0 Å². The molecular formula is C15H22N2O2. The molecule has 0 saturated carbocycles. The lowest BCUT2D eigenvalue weighted by Crippen LogP contribution is -2.35. The van der Waals surface area contributed by atoms with Crippen molar-refractivity contribution in [1.82, 2.24) is 5.32 Å². The molecule has 0 aromatic heterocycles. The molecule has 0 aliphatic carbocycles. The Labute approximate surface area is 114 Å². The van der Waals surface area contributed by atoms with Gasteiger partial charge in [0.1, 0.15) is 0 Å². The molecule has 4 heteroatoms. The summed E-state index contributed by atoms with van der Waals surface area (Å²) in [7, 11) is 0. The molecule has 1 fully saturated rings. The Morgan fingerprint density at radius 3 is 2.68 bits per heavy atom. The van der Waals surface area contributed by atoms with Crippen molar-refractivity contribution in [3.8, 4) is 0 Å². The molecule has 1 amide bonds. The van der Waals surface area contributed by atoms with Crippen molar-refractivity contribution in [2.45, 2.75) is 44.8 Å². The monoisotopic (exact) mass is 262 g/mol. The van der Waals surface area contributed by atoms with Crippen LogP contribution in [0.5, 0.6) is 0 Å². The van der Waals surface area contributed by atoms with E-state index in [0.29, 0.717) is 18.9 Å². The van der Waals surface area contributed by atoms with E-state index >= 15 is 0 Å². The van der Waals surface area contributed by atoms with Crippen LogP contribution in [0.2, 0.25) is 0 Å². The smallest absolute Gasteiger partial charge is 0.241 e. The summed E-state index contributed by atoms with van der Waals surface area (Å²) in [6.45, 7) is 4.85. The molecule has 1 aromatic carbocycles. The van der Waals surface area contributed by atoms with E-state index in [4.69, 9.17) is 0 Å². The Hall–Kier alpha value is -1.39. The van der Waals surface area contributed by atoms with Gasteiger partial charge in [-0.3, -0.25) is 4.79 Å². The van der Waals surface area contributed by atoms with E-state index in [9.17, 15) is 9.90 Å². The van der Waals surface area contributed by atoms with Gasteiger partial charge in [0, 0.05) is 12.2 Å². The topological polar surface area (TPSA) is 61.4 Å². The number of carbonyl (C=O) groups excluding carboxylic acids is 1. The van der Waals surface area contributed by atoms with E-state index in [1.54, 1.807) is 0 Å². The largest absolute Gasteiger partial charge is 0.392 e. The van der Waals surface area contributed by atoms with Crippen LogP contribution >= 0.6 is 0 Å². The molecule has 2 rings (SSSR count). The van der Waals surface area contributed by atoms with Crippen molar-refractivity contribution in [1.29, 1.82) is 0 Å². The molecule has 1 saturated heterocycles. The van der Waals surface area contributed by atoms with E-state index in [2.05, 4.69) is 36.6 Å². The van der Waals surface area contributed by atoms with Gasteiger partial charge in [0.2, 0.25) is 5.91 Å². The van der Waals surface area contributed by atoms with Gasteiger partial charge in [-0.25, -0.2) is 0 Å². The van der Waals surface area contributed by atoms with Gasteiger partial charge in [-0.15, -0.1) is 0 Å². The van der Waals surface area contributed by atoms with Crippen LogP contribution in [0.4, 0.5) is 5.69 Å². The molecule has 3 unspecified atom stereocenters. The zero-order chi connectivity index (χ0) is 13.8. The van der Waals surface area contributed by atoms with Crippen LogP contribution in [0.25, 0.3) is 0 Å². The lowest BCUT2D eigenvalue weighted by molar-refractivity contribution is -0.117. The minimum atomic E-state index is -0.413. The van der Waals surface area contributed by atoms with Gasteiger partial charge >= 0.3 is 0 Å². The lowest BCUT2D eigenvalue weighted by atomic mass is 9.98. The van der Waals surface area contributed by atoms with Crippen LogP contribution in [0.3, 0.4) is 0 Å². The molecule has 1 aromatic rings. The second kappa shape index (κ2) is 6.17. The van der Waals surface area contributed by atoms with Crippen molar-refractivity contribution >= 4 is 11.6 Å². The first kappa shape index (κ1) is 14.0. The maximum absolute atomic E-state index is 12.0. The molecule has 1 aliphatic heterocycles. The highest BCUT2D eigenvalue weighted by molar-refractivity contribution is 5.95. The van der Waals surface area contributed by atoms with Crippen LogP contribution in [-0.4, -0.2) is 29.7 Å². The Balaban J connectivity index is 1.94. The Bertz CT molecular complexity index is 430. The zero-order valence-electron chi connectivity index (χ0n) is 11.5. The number of anilines is 1. The lowest BCUT2D eigenvalue weighted by Gasteiger charge is -2.13. The number of hydrogen-bond acceptors (Lipinski definition) is 3. The Kier molecular flexibility index (Phi) is 4.56. The molecule has 1 aliphatic rings. The van der Waals surface area contributed by atoms with Gasteiger partial charge in [-0.05, 0) is 36.5 Å². The average molecular weight is 262 g/mol. The molecule has 3 N–H and O–H groups in total. The van der Waals surface area contributed by atoms with Crippen molar-refractivity contribution in [2.24, 2.45) is 0 Å². The summed E-state index contributed by atoms with van der Waals surface area (Å²) in [5, 5.41) is 15.3. The third-order valence-electron chi connectivity index (χ3n) is 3.78. The quantitative estimate of drug-likeness (QED) is 0.776. The molecular weight excluding hydrogens is 240 g/mol. The first-order valence-electron chi connectivity index (χ1n) is 6.92. The fourth-order valence-corrected chi connectivity index (χ4v) is 2.28. The second-order valence-electron chi connectivity index (χ2n) is 5.27. The summed E-state index contributed by atoms with van der Waals surface area (Å²) in [6, 6.07) is 7.70. The minimum absolute atomic E-state index is 0.0761. The molecule has 19 heavy (non-hydrogen) atoms. The Morgan fingerprint density at radius 1 is 1.47 bits per heavy atom. The number of hydrogen-bond donors (Lipinski definition) is 3. The molecule has 1 heterocycles. The number of aliphatic hydroxyl groups excluding tert-OH is 1. The maximum Gasteiger partial charge on any atom is 0.241 e. The van der Waals surface area contributed by atoms with Gasteiger partial charge in [0.25, 0.3) is 0 Å². The van der Waals surface area contributed by atoms with E-state index in [-0.39, 0.29) is 11.9 Å². The predicted octanol–water partition coefficient (Wildman–Crippen LogP) is 1.86. The maximum atomic E-state index is 12.0. The van der Waals surface area contributed by atoms with Crippen LogP contribution < -0.4 is 10.6 Å². The molecule has 3 atom stereocenters. The fraction of sp³-hybridized carbons (Fsp3) is 0.533. The molecule has 0 radical (unpaired) electrons. The summed E-state index contributed by atoms with van der Waals surface area (Å²) in [5.41, 5.74) is 2.09. The summed E-state index contributed by atoms with van der Waals surface area (Å²) in [4.78, 5) is 12.0. The highest BCUT2D eigenvalue weighted by Gasteiger charge is 2.27. The Morgan fingerprint density at radius 2 is 2.16 bits per heavy atom. The SMILES string of the molecule is CCC(C)c1ccc(NC(=O)C2CC(O)CN2)cc1. The average Bonchev–Trinajstić information content (AvgIpc) is 2.85. The molecule has 0 spiro atoms. The predicted molar refractivity (Wildman–Crippen MR) is 76.2 cm³/mol. The third kappa shape index (κ3) is 3.55. The highest BCUT2D eigenvalue weighted by Crippen LogP contribution is 2.20. The highest BCUT2D eigenvalue weighted by atomic mass is 16.3. The van der Waals surface area contributed by atoms with Crippen molar-refractivity contribution < 1.29 is 9.90 Å². The molecule has 0 bridgehead atoms. The standard InChI is InChI=1S/C15H22N2O2/c1-3-10(2)11-4-6-12(7-5-11)17-15(19)14-8-13(18)9-16-14/h4-7,10,13-14,16,18H,3,8-9H2,1-2H3,(H,17,19). The van der Waals surface area contributed by atoms with E-state index in [1.807, 2.05) is 12.1 Å². The molecule has 104 valence electrons. The summed E-state index contributed by atoms with van der Waals surface area (Å²) in [5.74, 6) is 0.462. The normalized spacial score (nSPS) is 24.2. The molecule has 4 nitrogen and oxygen atoms in total. The number of rotatable bonds is 4. The number of amides is 1. The summed E-state index contributed by atoms with van der Waals surface area (Å²) < 4.78 is 0. The third-order valence-corrected chi connectivity index (χ3v) is 3.78. The number of carbonyl (C=O) groups is 1. The van der Waals surface area contributed by atoms with Crippen molar-refractivity contribution in [3.05, 3.63) is 29.8 Å². The number of benzene rings is 1. The van der Waals surface area contributed by atoms with Gasteiger partial charge in [0.05, 0.1) is 12.1 Å². The van der Waals surface area contributed by atoms with Crippen molar-refractivity contribution in [2.75, 3.05) is 11.9 Å². The minimum Gasteiger partial charge on any atom is -0.392 e. The van der Waals surface area contributed by atoms with E-state index < -0.39 is 6.10 Å². The van der Waals surface area contributed by atoms with Crippen LogP contribution in [0, 0.1) is 0 Å². The number of β-amino-alcohol motifs (C(OH)–C–C–N with tert-alkyl or cyclic N) is 1. The van der Waals surface area contributed by atoms with Gasteiger partial charge in [-0.1, -0.05) is 26.0 Å². The first-order chi connectivity index (χ1) is 9.10. The van der Waals surface area contributed by atoms with E-state index in [0.717, 1.165) is 12.1 Å². The van der Waals surface area contributed by atoms with Crippen LogP contribution in [0.1, 0.15) is 38.2 Å². The van der Waals surface area contributed by atoms with Crippen molar-refractivity contribution in [3.63, 3.8) is 0 Å². The first-order valence-corrected chi connectivity index (χ1v) is 6.92. The van der Waals surface area contributed by atoms with Gasteiger partial charge < -0.3 is 15.7 Å². The zero-order valence-corrected chi connectivity index (χ0v) is 11.5. The summed E-state index contributed by atoms with van der Waals surface area (Å²) in [6.07, 6.45) is 1.18. The van der Waals surface area contributed by atoms with Crippen LogP contribution in [-0.2, 0) is 4.79 Å². The number of aliphatic hydroxyl groups is 1. The second-order valence-corrected chi connectivity index (χ2v) is 5.27. The summed E-state index contributed by atoms with van der Waals surface area (Å²) >= 11 is 0. The van der Waals surface area contributed by atoms with Gasteiger partial charge in [-0.2, -0.15) is 0 Å². The van der Waals surface area contributed by atoms with E-state index in [1.165, 1.54) is 5.56 Å². The number of nitrogens with one attached hydrogen (secondary N) is 2. The fourth-order valence-electron chi connectivity index (χ4n) is 2.28. The van der Waals surface area contributed by atoms with Crippen LogP contribution in [0.15, 0.2) is 24.3 Å².